The molecule has 0 bridgehead atoms. The molecule has 21 nitrogen and oxygen atoms in total. The number of hydrogen-bond acceptors (Lipinski definition) is 10. The molecule has 0 radical (unpaired) electrons. The summed E-state index contributed by atoms with van der Waals surface area (Å²) in [4.78, 5) is 132. The maximum absolute atomic E-state index is 14.3. The average Bonchev–Trinajstić information content (AvgIpc) is 3.97. The summed E-state index contributed by atoms with van der Waals surface area (Å²) in [6, 6.07) is 6.65. The molecular formula is C46H59N11O10. The van der Waals surface area contributed by atoms with Gasteiger partial charge in [-0.15, -0.1) is 0 Å². The van der Waals surface area contributed by atoms with Crippen molar-refractivity contribution in [3.8, 4) is 0 Å². The predicted molar refractivity (Wildman–Crippen MR) is 243 cm³/mol. The molecule has 11 N–H and O–H groups in total. The Morgan fingerprint density at radius 2 is 1.51 bits per heavy atom. The van der Waals surface area contributed by atoms with Gasteiger partial charge in [0.1, 0.15) is 42.3 Å². The van der Waals surface area contributed by atoms with Crippen molar-refractivity contribution in [2.24, 2.45) is 0 Å². The van der Waals surface area contributed by atoms with Gasteiger partial charge in [0.2, 0.25) is 47.3 Å². The fourth-order valence-corrected chi connectivity index (χ4v) is 7.55. The van der Waals surface area contributed by atoms with Gasteiger partial charge in [-0.25, -0.2) is 9.78 Å². The second-order valence-corrected chi connectivity index (χ2v) is 16.5. The topological polar surface area (TPSA) is 315 Å². The number of carboxylic acids is 1. The molecule has 0 spiro atoms. The molecule has 2 aromatic heterocycles. The van der Waals surface area contributed by atoms with Crippen LogP contribution in [0.4, 0.5) is 0 Å². The van der Waals surface area contributed by atoms with Crippen molar-refractivity contribution in [3.63, 3.8) is 0 Å². The monoisotopic (exact) mass is 925 g/mol. The van der Waals surface area contributed by atoms with E-state index < -0.39 is 95.5 Å². The number of unbranched alkanes of at least 4 members (excludes halogenated alkanes) is 1. The first-order valence-electron chi connectivity index (χ1n) is 22.3. The van der Waals surface area contributed by atoms with Crippen LogP contribution in [0.2, 0.25) is 0 Å². The minimum absolute atomic E-state index is 0.0530. The summed E-state index contributed by atoms with van der Waals surface area (Å²) in [6.45, 7) is 4.30. The van der Waals surface area contributed by atoms with Gasteiger partial charge in [0, 0.05) is 62.4 Å². The van der Waals surface area contributed by atoms with E-state index in [-0.39, 0.29) is 51.5 Å². The number of para-hydroxylation sites is 1. The maximum atomic E-state index is 14.3. The maximum Gasteiger partial charge on any atom is 0.326 e. The summed E-state index contributed by atoms with van der Waals surface area (Å²) in [5, 5.41) is 31.9. The SMILES string of the molecule is CCCC[C@H](NC(C)=O)C(=O)N[C@H]1CCC(=O)NCC[C@@H](C(=O)N[C@@H](Cc2c[nH]c3ccccc23)C(=O)O)NC(=O)[C@H](C)NC(=O)[C@@H](Cc2ccccc2)NC(=O)[C@H](Cc2c[nH]cn2)NC1=O. The van der Waals surface area contributed by atoms with E-state index in [2.05, 4.69) is 57.5 Å². The number of benzene rings is 2. The number of amides is 8. The number of fused-ring (bicyclic) bond motifs is 1. The lowest BCUT2D eigenvalue weighted by Gasteiger charge is -2.27. The number of aromatic amines is 2. The number of carbonyl (C=O) groups excluding carboxylic acids is 8. The lowest BCUT2D eigenvalue weighted by molar-refractivity contribution is -0.142. The molecule has 7 atom stereocenters. The smallest absolute Gasteiger partial charge is 0.326 e. The molecule has 358 valence electrons. The second-order valence-electron chi connectivity index (χ2n) is 16.5. The summed E-state index contributed by atoms with van der Waals surface area (Å²) in [7, 11) is 0. The summed E-state index contributed by atoms with van der Waals surface area (Å²) in [5.41, 5.74) is 2.39. The van der Waals surface area contributed by atoms with Crippen molar-refractivity contribution in [1.82, 2.24) is 57.5 Å². The predicted octanol–water partition coefficient (Wildman–Crippen LogP) is -0.0728. The minimum atomic E-state index is -1.43. The normalized spacial score (nSPS) is 21.1. The van der Waals surface area contributed by atoms with Crippen LogP contribution in [-0.2, 0) is 62.4 Å². The summed E-state index contributed by atoms with van der Waals surface area (Å²) in [5.74, 6) is -7.29. The van der Waals surface area contributed by atoms with Gasteiger partial charge in [0.25, 0.3) is 0 Å². The molecule has 5 rings (SSSR count). The van der Waals surface area contributed by atoms with Crippen LogP contribution in [0.1, 0.15) is 76.1 Å². The lowest BCUT2D eigenvalue weighted by Crippen LogP contribution is -2.60. The van der Waals surface area contributed by atoms with Gasteiger partial charge in [0.05, 0.1) is 12.0 Å². The van der Waals surface area contributed by atoms with Gasteiger partial charge in [-0.2, -0.15) is 0 Å². The molecule has 1 fully saturated rings. The van der Waals surface area contributed by atoms with Gasteiger partial charge in [0.15, 0.2) is 0 Å². The van der Waals surface area contributed by atoms with Crippen LogP contribution in [0.15, 0.2) is 73.3 Å². The van der Waals surface area contributed by atoms with E-state index in [9.17, 15) is 48.3 Å². The fraction of sp³-hybridized carbons (Fsp3) is 0.435. The van der Waals surface area contributed by atoms with Crippen LogP contribution in [0.3, 0.4) is 0 Å². The van der Waals surface area contributed by atoms with E-state index in [1.807, 2.05) is 25.1 Å². The van der Waals surface area contributed by atoms with E-state index in [1.165, 1.54) is 26.4 Å². The molecule has 1 aliphatic rings. The Balaban J connectivity index is 1.45. The van der Waals surface area contributed by atoms with Crippen molar-refractivity contribution in [1.29, 1.82) is 0 Å². The number of H-pyrrole nitrogens is 2. The van der Waals surface area contributed by atoms with Gasteiger partial charge in [-0.3, -0.25) is 38.4 Å². The highest BCUT2D eigenvalue weighted by atomic mass is 16.4. The molecule has 4 aromatic rings. The second kappa shape index (κ2) is 24.6. The first-order valence-corrected chi connectivity index (χ1v) is 22.3. The first kappa shape index (κ1) is 50.4. The van der Waals surface area contributed by atoms with Crippen LogP contribution in [0.5, 0.6) is 0 Å². The third kappa shape index (κ3) is 15.3. The Hall–Kier alpha value is -7.58. The van der Waals surface area contributed by atoms with Gasteiger partial charge in [-0.05, 0) is 43.4 Å². The van der Waals surface area contributed by atoms with E-state index >= 15 is 0 Å². The number of carbonyl (C=O) groups is 9. The Morgan fingerprint density at radius 3 is 2.21 bits per heavy atom. The molecule has 1 aliphatic heterocycles. The molecule has 67 heavy (non-hydrogen) atoms. The third-order valence-corrected chi connectivity index (χ3v) is 11.2. The third-order valence-electron chi connectivity index (χ3n) is 11.2. The molecular weight excluding hydrogens is 867 g/mol. The van der Waals surface area contributed by atoms with Gasteiger partial charge in [-0.1, -0.05) is 68.3 Å². The number of carboxylic acid groups (broad SMARTS) is 1. The van der Waals surface area contributed by atoms with Crippen molar-refractivity contribution in [3.05, 3.63) is 90.1 Å². The largest absolute Gasteiger partial charge is 0.480 e. The Morgan fingerprint density at radius 1 is 0.806 bits per heavy atom. The first-order chi connectivity index (χ1) is 32.1. The number of aromatic nitrogens is 3. The van der Waals surface area contributed by atoms with Gasteiger partial charge >= 0.3 is 5.97 Å². The fourth-order valence-electron chi connectivity index (χ4n) is 7.55. The van der Waals surface area contributed by atoms with Crippen LogP contribution < -0.4 is 42.5 Å². The minimum Gasteiger partial charge on any atom is -0.480 e. The van der Waals surface area contributed by atoms with Crippen LogP contribution >= 0.6 is 0 Å². The van der Waals surface area contributed by atoms with Crippen LogP contribution in [-0.4, -0.2) is 122 Å². The van der Waals surface area contributed by atoms with Crippen LogP contribution in [0.25, 0.3) is 10.9 Å². The van der Waals surface area contributed by atoms with Crippen LogP contribution in [0, 0.1) is 0 Å². The zero-order valence-electron chi connectivity index (χ0n) is 37.6. The van der Waals surface area contributed by atoms with E-state index in [4.69, 9.17) is 0 Å². The average molecular weight is 926 g/mol. The number of nitrogens with one attached hydrogen (secondary N) is 10. The van der Waals surface area contributed by atoms with Crippen molar-refractivity contribution < 1.29 is 48.3 Å². The zero-order chi connectivity index (χ0) is 48.5. The molecule has 0 unspecified atom stereocenters. The van der Waals surface area contributed by atoms with Crippen molar-refractivity contribution >= 4 is 64.1 Å². The van der Waals surface area contributed by atoms with Gasteiger partial charge < -0.3 is 57.6 Å². The number of nitrogens with zero attached hydrogens (tertiary/aromatic N) is 1. The number of aliphatic carboxylic acids is 1. The molecule has 21 heteroatoms. The summed E-state index contributed by atoms with van der Waals surface area (Å²) < 4.78 is 0. The Labute approximate surface area is 386 Å². The molecule has 0 saturated carbocycles. The summed E-state index contributed by atoms with van der Waals surface area (Å²) in [6.07, 6.45) is 4.86. The molecule has 0 aliphatic carbocycles. The van der Waals surface area contributed by atoms with Crippen molar-refractivity contribution in [2.45, 2.75) is 121 Å². The molecule has 3 heterocycles. The molecule has 1 saturated heterocycles. The molecule has 8 amide bonds. The van der Waals surface area contributed by atoms with E-state index in [1.54, 1.807) is 42.6 Å². The van der Waals surface area contributed by atoms with Crippen molar-refractivity contribution in [2.75, 3.05) is 6.54 Å². The highest BCUT2D eigenvalue weighted by Gasteiger charge is 2.34. The lowest BCUT2D eigenvalue weighted by atomic mass is 10.0. The van der Waals surface area contributed by atoms with E-state index in [0.717, 1.165) is 10.9 Å². The number of rotatable bonds is 15. The summed E-state index contributed by atoms with van der Waals surface area (Å²) >= 11 is 0. The highest BCUT2D eigenvalue weighted by molar-refractivity contribution is 5.98. The Kier molecular flexibility index (Phi) is 18.5. The number of hydrogen-bond donors (Lipinski definition) is 11. The zero-order valence-corrected chi connectivity index (χ0v) is 37.6. The Bertz CT molecular complexity index is 2370. The number of imidazole rings is 1. The van der Waals surface area contributed by atoms with E-state index in [0.29, 0.717) is 29.7 Å². The molecule has 2 aromatic carbocycles. The highest BCUT2D eigenvalue weighted by Crippen LogP contribution is 2.19. The quantitative estimate of drug-likeness (QED) is 0.0750. The standard InChI is InChI=1S/C46H59N11O10/c1-4-5-14-33(52-27(3)58)41(61)54-34-16-17-39(59)48-19-18-35(43(63)57-38(46(66)67)21-29-23-49-32-15-10-9-13-31(29)32)53-40(60)26(2)51-44(64)36(20-28-11-7-6-8-12-28)55-45(65)37(56-42(34)62)22-30-24-47-25-50-30/h6-13,15,23-26,33-38,49H,4-5,14,16-22H2,1-3H3,(H,47,50)(H,48,59)(H,51,64)(H,52,58)(H,53,60)(H,54,61)(H,55,65)(H,56,62)(H,57,63)(H,66,67)/t26-,33-,34-,35-,36+,37-,38-/m0/s1.